The van der Waals surface area contributed by atoms with Gasteiger partial charge in [-0.1, -0.05) is 43.1 Å². The van der Waals surface area contributed by atoms with Crippen LogP contribution in [0.25, 0.3) is 0 Å². The first kappa shape index (κ1) is 16.1. The van der Waals surface area contributed by atoms with Crippen molar-refractivity contribution in [3.8, 4) is 0 Å². The Morgan fingerprint density at radius 1 is 1.20 bits per heavy atom. The molecule has 20 heavy (non-hydrogen) atoms. The Bertz CT molecular complexity index is 424. The zero-order valence-electron chi connectivity index (χ0n) is 12.6. The van der Waals surface area contributed by atoms with Gasteiger partial charge in [-0.25, -0.2) is 0 Å². The van der Waals surface area contributed by atoms with Crippen LogP contribution in [0.4, 0.5) is 0 Å². The van der Waals surface area contributed by atoms with Crippen LogP contribution in [0.1, 0.15) is 38.7 Å². The van der Waals surface area contributed by atoms with E-state index in [9.17, 15) is 0 Å². The van der Waals surface area contributed by atoms with Crippen LogP contribution in [-0.2, 0) is 6.42 Å². The second-order valence-corrected chi connectivity index (χ2v) is 7.19. The molecule has 3 heteroatoms. The maximum Gasteiger partial charge on any atom is 0.0452 e. The second kappa shape index (κ2) is 7.15. The lowest BCUT2D eigenvalue weighted by Crippen LogP contribution is -2.40. The van der Waals surface area contributed by atoms with Crippen LogP contribution in [0, 0.1) is 17.8 Å². The molecule has 3 unspecified atom stereocenters. The topological polar surface area (TPSA) is 12.0 Å². The summed E-state index contributed by atoms with van der Waals surface area (Å²) in [5.74, 6) is 2.21. The molecule has 1 aromatic carbocycles. The molecular weight excluding hydrogens is 289 g/mol. The van der Waals surface area contributed by atoms with Crippen LogP contribution >= 0.6 is 23.2 Å². The van der Waals surface area contributed by atoms with Gasteiger partial charge < -0.3 is 5.32 Å². The summed E-state index contributed by atoms with van der Waals surface area (Å²) in [5, 5.41) is 5.10. The Hall–Kier alpha value is -0.240. The Balaban J connectivity index is 2.15. The molecule has 1 aromatic rings. The second-order valence-electron chi connectivity index (χ2n) is 6.38. The Morgan fingerprint density at radius 3 is 2.40 bits per heavy atom. The van der Waals surface area contributed by atoms with Crippen molar-refractivity contribution in [3.05, 3.63) is 33.8 Å². The zero-order chi connectivity index (χ0) is 14.7. The van der Waals surface area contributed by atoms with Crippen molar-refractivity contribution in [1.29, 1.82) is 0 Å². The maximum absolute atomic E-state index is 6.33. The average molecular weight is 314 g/mol. The summed E-state index contributed by atoms with van der Waals surface area (Å²) in [5.41, 5.74) is 1.12. The minimum Gasteiger partial charge on any atom is -0.317 e. The molecule has 0 aromatic heterocycles. The molecule has 112 valence electrons. The van der Waals surface area contributed by atoms with Gasteiger partial charge in [0.2, 0.25) is 0 Å². The minimum absolute atomic E-state index is 0.581. The van der Waals surface area contributed by atoms with E-state index in [0.29, 0.717) is 12.0 Å². The van der Waals surface area contributed by atoms with Gasteiger partial charge in [-0.15, -0.1) is 0 Å². The third kappa shape index (κ3) is 3.69. The molecule has 1 fully saturated rings. The smallest absolute Gasteiger partial charge is 0.0452 e. The van der Waals surface area contributed by atoms with Crippen molar-refractivity contribution in [1.82, 2.24) is 5.32 Å². The standard InChI is InChI=1S/C17H25Cl2N/c1-11(2)12-7-8-17(20-3)13(9-12)10-14-15(18)5-4-6-16(14)19/h4-6,11-13,17,20H,7-10H2,1-3H3. The summed E-state index contributed by atoms with van der Waals surface area (Å²) in [7, 11) is 2.07. The maximum atomic E-state index is 6.33. The van der Waals surface area contributed by atoms with Crippen molar-refractivity contribution in [2.75, 3.05) is 7.05 Å². The summed E-state index contributed by atoms with van der Waals surface area (Å²) in [6, 6.07) is 6.39. The van der Waals surface area contributed by atoms with Gasteiger partial charge in [-0.3, -0.25) is 0 Å². The number of nitrogens with one attached hydrogen (secondary N) is 1. The Kier molecular flexibility index (Phi) is 5.77. The fourth-order valence-corrected chi connectivity index (χ4v) is 4.05. The van der Waals surface area contributed by atoms with Crippen molar-refractivity contribution in [2.45, 2.75) is 45.6 Å². The first-order valence-electron chi connectivity index (χ1n) is 7.63. The number of hydrogen-bond acceptors (Lipinski definition) is 1. The van der Waals surface area contributed by atoms with E-state index in [1.807, 2.05) is 18.2 Å². The normalized spacial score (nSPS) is 27.0. The Labute approximate surface area is 133 Å². The summed E-state index contributed by atoms with van der Waals surface area (Å²) < 4.78 is 0. The number of hydrogen-bond donors (Lipinski definition) is 1. The number of benzene rings is 1. The van der Waals surface area contributed by atoms with Crippen molar-refractivity contribution < 1.29 is 0 Å². The monoisotopic (exact) mass is 313 g/mol. The third-order valence-electron chi connectivity index (χ3n) is 4.86. The van der Waals surface area contributed by atoms with Crippen molar-refractivity contribution in [2.24, 2.45) is 17.8 Å². The summed E-state index contributed by atoms with van der Waals surface area (Å²) in [4.78, 5) is 0. The third-order valence-corrected chi connectivity index (χ3v) is 5.57. The molecule has 0 heterocycles. The predicted octanol–water partition coefficient (Wildman–Crippen LogP) is 5.20. The highest BCUT2D eigenvalue weighted by molar-refractivity contribution is 6.35. The van der Waals surface area contributed by atoms with Crippen LogP contribution < -0.4 is 5.32 Å². The van der Waals surface area contributed by atoms with E-state index in [4.69, 9.17) is 23.2 Å². The summed E-state index contributed by atoms with van der Waals surface area (Å²) >= 11 is 12.7. The summed E-state index contributed by atoms with van der Waals surface area (Å²) in [6.45, 7) is 4.67. The van der Waals surface area contributed by atoms with Gasteiger partial charge in [0.15, 0.2) is 0 Å². The molecule has 0 bridgehead atoms. The van der Waals surface area contributed by atoms with E-state index in [2.05, 4.69) is 26.2 Å². The largest absolute Gasteiger partial charge is 0.317 e. The highest BCUT2D eigenvalue weighted by atomic mass is 35.5. The number of rotatable bonds is 4. The molecule has 0 saturated heterocycles. The molecule has 1 aliphatic carbocycles. The predicted molar refractivity (Wildman–Crippen MR) is 88.7 cm³/mol. The van der Waals surface area contributed by atoms with Crippen LogP contribution in [0.15, 0.2) is 18.2 Å². The molecular formula is C17H25Cl2N. The molecule has 1 nitrogen and oxygen atoms in total. The van der Waals surface area contributed by atoms with Crippen LogP contribution in [0.3, 0.4) is 0 Å². The van der Waals surface area contributed by atoms with E-state index in [-0.39, 0.29) is 0 Å². The molecule has 1 N–H and O–H groups in total. The number of halogens is 2. The van der Waals surface area contributed by atoms with Crippen LogP contribution in [0.5, 0.6) is 0 Å². The van der Waals surface area contributed by atoms with Gasteiger partial charge in [0, 0.05) is 16.1 Å². The van der Waals surface area contributed by atoms with E-state index >= 15 is 0 Å². The van der Waals surface area contributed by atoms with E-state index in [1.54, 1.807) is 0 Å². The molecule has 1 saturated carbocycles. The Morgan fingerprint density at radius 2 is 1.85 bits per heavy atom. The molecule has 2 rings (SSSR count). The van der Waals surface area contributed by atoms with E-state index in [0.717, 1.165) is 33.9 Å². The highest BCUT2D eigenvalue weighted by Crippen LogP contribution is 2.37. The fourth-order valence-electron chi connectivity index (χ4n) is 3.50. The van der Waals surface area contributed by atoms with Gasteiger partial charge in [0.05, 0.1) is 0 Å². The fraction of sp³-hybridized carbons (Fsp3) is 0.647. The SMILES string of the molecule is CNC1CCC(C(C)C)CC1Cc1c(Cl)cccc1Cl. The van der Waals surface area contributed by atoms with E-state index < -0.39 is 0 Å². The van der Waals surface area contributed by atoms with Gasteiger partial charge in [0.1, 0.15) is 0 Å². The average Bonchev–Trinajstić information content (AvgIpc) is 2.42. The lowest BCUT2D eigenvalue weighted by molar-refractivity contribution is 0.173. The first-order valence-corrected chi connectivity index (χ1v) is 8.38. The summed E-state index contributed by atoms with van der Waals surface area (Å²) in [6.07, 6.45) is 4.83. The molecule has 0 amide bonds. The van der Waals surface area contributed by atoms with Gasteiger partial charge in [-0.2, -0.15) is 0 Å². The molecule has 3 atom stereocenters. The lowest BCUT2D eigenvalue weighted by atomic mass is 9.72. The molecule has 0 aliphatic heterocycles. The van der Waals surface area contributed by atoms with Crippen LogP contribution in [-0.4, -0.2) is 13.1 Å². The van der Waals surface area contributed by atoms with Gasteiger partial charge in [-0.05, 0) is 68.2 Å². The van der Waals surface area contributed by atoms with E-state index in [1.165, 1.54) is 19.3 Å². The van der Waals surface area contributed by atoms with Gasteiger partial charge >= 0.3 is 0 Å². The first-order chi connectivity index (χ1) is 9.52. The molecule has 1 aliphatic rings. The highest BCUT2D eigenvalue weighted by Gasteiger charge is 2.31. The molecule has 0 radical (unpaired) electrons. The quantitative estimate of drug-likeness (QED) is 0.806. The van der Waals surface area contributed by atoms with Gasteiger partial charge in [0.25, 0.3) is 0 Å². The van der Waals surface area contributed by atoms with Crippen LogP contribution in [0.2, 0.25) is 10.0 Å². The molecule has 0 spiro atoms. The lowest BCUT2D eigenvalue weighted by Gasteiger charge is -2.38. The zero-order valence-corrected chi connectivity index (χ0v) is 14.1. The van der Waals surface area contributed by atoms with Crippen molar-refractivity contribution >= 4 is 23.2 Å². The van der Waals surface area contributed by atoms with Crippen molar-refractivity contribution in [3.63, 3.8) is 0 Å². The minimum atomic E-state index is 0.581.